The Balaban J connectivity index is 1.62. The van der Waals surface area contributed by atoms with Crippen LogP contribution in [0.3, 0.4) is 0 Å². The number of benzene rings is 3. The molecule has 0 aromatic heterocycles. The van der Waals surface area contributed by atoms with Crippen molar-refractivity contribution >= 4 is 34.1 Å². The van der Waals surface area contributed by atoms with Gasteiger partial charge in [0.2, 0.25) is 0 Å². The predicted molar refractivity (Wildman–Crippen MR) is 207 cm³/mol. The van der Waals surface area contributed by atoms with Crippen LogP contribution in [0.4, 0.5) is 34.1 Å². The highest BCUT2D eigenvalue weighted by atomic mass is 15.1. The highest BCUT2D eigenvalue weighted by molar-refractivity contribution is 5.78. The monoisotopic (exact) mass is 627 g/mol. The molecule has 3 rings (SSSR count). The van der Waals surface area contributed by atoms with Crippen molar-refractivity contribution in [2.45, 2.75) is 136 Å². The Bertz CT molecular complexity index is 978. The lowest BCUT2D eigenvalue weighted by Gasteiger charge is -2.26. The Kier molecular flexibility index (Phi) is 19.5. The lowest BCUT2D eigenvalue weighted by Crippen LogP contribution is -2.11. The SMILES string of the molecule is CCCCCCCCNc1ccc(N(c2ccc(NCCCCCCCC)cc2)c2ccc(NCCCCCCCC)cc2)cc1. The van der Waals surface area contributed by atoms with E-state index in [2.05, 4.69) is 114 Å². The molecular weight excluding hydrogens is 560 g/mol. The maximum absolute atomic E-state index is 3.64. The van der Waals surface area contributed by atoms with Crippen LogP contribution in [0.5, 0.6) is 0 Å². The van der Waals surface area contributed by atoms with Crippen molar-refractivity contribution in [2.75, 3.05) is 40.5 Å². The Hall–Kier alpha value is -3.14. The van der Waals surface area contributed by atoms with E-state index in [1.165, 1.54) is 150 Å². The highest BCUT2D eigenvalue weighted by Crippen LogP contribution is 2.36. The Labute approximate surface area is 283 Å². The quantitative estimate of drug-likeness (QED) is 0.0736. The normalized spacial score (nSPS) is 11.0. The molecule has 3 N–H and O–H groups in total. The Morgan fingerprint density at radius 1 is 0.326 bits per heavy atom. The first kappa shape index (κ1) is 37.3. The number of nitrogens with zero attached hydrogens (tertiary/aromatic N) is 1. The van der Waals surface area contributed by atoms with Gasteiger partial charge in [-0.1, -0.05) is 117 Å². The van der Waals surface area contributed by atoms with Crippen LogP contribution in [-0.4, -0.2) is 19.6 Å². The van der Waals surface area contributed by atoms with E-state index in [0.29, 0.717) is 0 Å². The van der Waals surface area contributed by atoms with Crippen LogP contribution >= 0.6 is 0 Å². The molecular formula is C42H66N4. The van der Waals surface area contributed by atoms with Crippen molar-refractivity contribution in [3.8, 4) is 0 Å². The molecule has 254 valence electrons. The molecule has 46 heavy (non-hydrogen) atoms. The van der Waals surface area contributed by atoms with E-state index in [-0.39, 0.29) is 0 Å². The van der Waals surface area contributed by atoms with Gasteiger partial charge >= 0.3 is 0 Å². The largest absolute Gasteiger partial charge is 0.385 e. The zero-order valence-corrected chi connectivity index (χ0v) is 29.7. The van der Waals surface area contributed by atoms with Crippen LogP contribution < -0.4 is 20.9 Å². The van der Waals surface area contributed by atoms with Crippen molar-refractivity contribution in [1.82, 2.24) is 0 Å². The van der Waals surface area contributed by atoms with Gasteiger partial charge in [0.25, 0.3) is 0 Å². The van der Waals surface area contributed by atoms with Crippen LogP contribution in [-0.2, 0) is 0 Å². The van der Waals surface area contributed by atoms with E-state index in [4.69, 9.17) is 0 Å². The molecule has 0 aliphatic carbocycles. The summed E-state index contributed by atoms with van der Waals surface area (Å²) >= 11 is 0. The second-order valence-electron chi connectivity index (χ2n) is 13.1. The van der Waals surface area contributed by atoms with Crippen molar-refractivity contribution in [3.05, 3.63) is 72.8 Å². The minimum absolute atomic E-state index is 1.04. The molecule has 0 heterocycles. The smallest absolute Gasteiger partial charge is 0.0463 e. The van der Waals surface area contributed by atoms with Gasteiger partial charge in [0.1, 0.15) is 0 Å². The van der Waals surface area contributed by atoms with Gasteiger partial charge in [-0.25, -0.2) is 0 Å². The van der Waals surface area contributed by atoms with Gasteiger partial charge in [0.15, 0.2) is 0 Å². The third-order valence-corrected chi connectivity index (χ3v) is 8.95. The molecule has 0 saturated heterocycles. The summed E-state index contributed by atoms with van der Waals surface area (Å²) in [5.74, 6) is 0. The third-order valence-electron chi connectivity index (χ3n) is 8.95. The lowest BCUT2D eigenvalue weighted by molar-refractivity contribution is 0.617. The summed E-state index contributed by atoms with van der Waals surface area (Å²) in [6.45, 7) is 9.95. The molecule has 0 amide bonds. The average molecular weight is 627 g/mol. The Morgan fingerprint density at radius 3 is 0.826 bits per heavy atom. The standard InChI is InChI=1S/C42H66N4/c1-4-7-10-13-16-19-34-43-37-22-28-40(29-23-37)46(41-30-24-38(25-31-41)44-35-20-17-14-11-8-5-2)42-32-26-39(27-33-42)45-36-21-18-15-12-9-6-3/h22-33,43-45H,4-21,34-36H2,1-3H3. The summed E-state index contributed by atoms with van der Waals surface area (Å²) in [5.41, 5.74) is 7.10. The zero-order chi connectivity index (χ0) is 32.5. The first-order valence-corrected chi connectivity index (χ1v) is 19.1. The van der Waals surface area contributed by atoms with Crippen molar-refractivity contribution < 1.29 is 0 Å². The molecule has 0 spiro atoms. The molecule has 0 unspecified atom stereocenters. The van der Waals surface area contributed by atoms with Crippen molar-refractivity contribution in [1.29, 1.82) is 0 Å². The summed E-state index contributed by atoms with van der Waals surface area (Å²) in [5, 5.41) is 10.9. The van der Waals surface area contributed by atoms with Crippen LogP contribution in [0.25, 0.3) is 0 Å². The fourth-order valence-corrected chi connectivity index (χ4v) is 6.05. The molecule has 0 saturated carbocycles. The first-order chi connectivity index (χ1) is 22.7. The summed E-state index contributed by atoms with van der Waals surface area (Å²) in [4.78, 5) is 2.37. The predicted octanol–water partition coefficient (Wildman–Crippen LogP) is 13.5. The molecule has 0 radical (unpaired) electrons. The van der Waals surface area contributed by atoms with Crippen LogP contribution in [0, 0.1) is 0 Å². The van der Waals surface area contributed by atoms with E-state index in [1.54, 1.807) is 0 Å². The van der Waals surface area contributed by atoms with E-state index in [1.807, 2.05) is 0 Å². The number of nitrogens with one attached hydrogen (secondary N) is 3. The maximum Gasteiger partial charge on any atom is 0.0463 e. The summed E-state index contributed by atoms with van der Waals surface area (Å²) < 4.78 is 0. The average Bonchev–Trinajstić information content (AvgIpc) is 3.09. The molecule has 0 atom stereocenters. The fourth-order valence-electron chi connectivity index (χ4n) is 6.05. The van der Waals surface area contributed by atoms with E-state index in [9.17, 15) is 0 Å². The summed E-state index contributed by atoms with van der Waals surface area (Å²) in [7, 11) is 0. The van der Waals surface area contributed by atoms with E-state index >= 15 is 0 Å². The molecule has 4 heteroatoms. The second-order valence-corrected chi connectivity index (χ2v) is 13.1. The lowest BCUT2D eigenvalue weighted by atomic mass is 10.1. The van der Waals surface area contributed by atoms with E-state index in [0.717, 1.165) is 19.6 Å². The number of rotatable bonds is 27. The molecule has 3 aromatic rings. The topological polar surface area (TPSA) is 39.3 Å². The summed E-state index contributed by atoms with van der Waals surface area (Å²) in [6.07, 6.45) is 23.8. The van der Waals surface area contributed by atoms with Crippen molar-refractivity contribution in [2.24, 2.45) is 0 Å². The van der Waals surface area contributed by atoms with Gasteiger partial charge in [0, 0.05) is 53.8 Å². The van der Waals surface area contributed by atoms with Gasteiger partial charge in [-0.15, -0.1) is 0 Å². The van der Waals surface area contributed by atoms with Crippen LogP contribution in [0.1, 0.15) is 136 Å². The fraction of sp³-hybridized carbons (Fsp3) is 0.571. The van der Waals surface area contributed by atoms with E-state index < -0.39 is 0 Å². The molecule has 0 aliphatic heterocycles. The molecule has 0 bridgehead atoms. The zero-order valence-electron chi connectivity index (χ0n) is 29.7. The van der Waals surface area contributed by atoms with Crippen LogP contribution in [0.2, 0.25) is 0 Å². The summed E-state index contributed by atoms with van der Waals surface area (Å²) in [6, 6.07) is 26.9. The van der Waals surface area contributed by atoms with Gasteiger partial charge in [-0.3, -0.25) is 0 Å². The maximum atomic E-state index is 3.64. The number of hydrogen-bond donors (Lipinski definition) is 3. The molecule has 0 fully saturated rings. The molecule has 3 aromatic carbocycles. The Morgan fingerprint density at radius 2 is 0.565 bits per heavy atom. The number of hydrogen-bond acceptors (Lipinski definition) is 4. The van der Waals surface area contributed by atoms with Gasteiger partial charge in [-0.2, -0.15) is 0 Å². The van der Waals surface area contributed by atoms with Gasteiger partial charge in [0.05, 0.1) is 0 Å². The molecule has 0 aliphatic rings. The second kappa shape index (κ2) is 24.1. The molecule has 4 nitrogen and oxygen atoms in total. The van der Waals surface area contributed by atoms with Crippen LogP contribution in [0.15, 0.2) is 72.8 Å². The third kappa shape index (κ3) is 15.0. The van der Waals surface area contributed by atoms with Crippen molar-refractivity contribution in [3.63, 3.8) is 0 Å². The first-order valence-electron chi connectivity index (χ1n) is 19.1. The number of unbranched alkanes of at least 4 members (excludes halogenated alkanes) is 15. The number of anilines is 6. The minimum atomic E-state index is 1.04. The van der Waals surface area contributed by atoms with Gasteiger partial charge in [-0.05, 0) is 92.1 Å². The highest BCUT2D eigenvalue weighted by Gasteiger charge is 2.13. The van der Waals surface area contributed by atoms with Gasteiger partial charge < -0.3 is 20.9 Å². The minimum Gasteiger partial charge on any atom is -0.385 e.